The first-order valence-corrected chi connectivity index (χ1v) is 8.98. The molecule has 3 N–H and O–H groups in total. The fourth-order valence-corrected chi connectivity index (χ4v) is 3.79. The van der Waals surface area contributed by atoms with E-state index in [4.69, 9.17) is 10.1 Å². The average Bonchev–Trinajstić information content (AvgIpc) is 3.13. The topological polar surface area (TPSA) is 104 Å². The van der Waals surface area contributed by atoms with Gasteiger partial charge in [-0.3, -0.25) is 15.0 Å². The van der Waals surface area contributed by atoms with Crippen LogP contribution in [0.15, 0.2) is 29.3 Å². The van der Waals surface area contributed by atoms with E-state index in [0.717, 1.165) is 31.4 Å². The number of benzene rings is 1. The second-order valence-electron chi connectivity index (χ2n) is 6.69. The molecule has 1 aliphatic heterocycles. The predicted octanol–water partition coefficient (Wildman–Crippen LogP) is 2.00. The summed E-state index contributed by atoms with van der Waals surface area (Å²) in [5, 5.41) is 14.0. The van der Waals surface area contributed by atoms with Gasteiger partial charge in [0.05, 0.1) is 6.61 Å². The van der Waals surface area contributed by atoms with Crippen LogP contribution in [0.3, 0.4) is 0 Å². The molecule has 2 aliphatic rings. The molecule has 0 aromatic heterocycles. The number of amidine groups is 2. The number of hydrogen-bond donors (Lipinski definition) is 3. The Balaban J connectivity index is 1.93. The van der Waals surface area contributed by atoms with Crippen molar-refractivity contribution >= 4 is 23.5 Å². The zero-order valence-corrected chi connectivity index (χ0v) is 15.1. The minimum atomic E-state index is -1.38. The molecule has 1 unspecified atom stereocenters. The molecule has 1 heterocycles. The van der Waals surface area contributed by atoms with Gasteiger partial charge in [0.1, 0.15) is 11.6 Å². The van der Waals surface area contributed by atoms with Crippen LogP contribution in [0.1, 0.15) is 45.1 Å². The van der Waals surface area contributed by atoms with Crippen molar-refractivity contribution in [3.8, 4) is 5.75 Å². The lowest BCUT2D eigenvalue weighted by Gasteiger charge is -2.39. The quantitative estimate of drug-likeness (QED) is 0.752. The van der Waals surface area contributed by atoms with Crippen LogP contribution < -0.4 is 15.4 Å². The maximum atomic E-state index is 13.0. The monoisotopic (exact) mass is 356 g/mol. The van der Waals surface area contributed by atoms with Crippen LogP contribution in [0.4, 0.5) is 0 Å². The van der Waals surface area contributed by atoms with Crippen LogP contribution >= 0.6 is 0 Å². The minimum absolute atomic E-state index is 0.104. The van der Waals surface area contributed by atoms with Crippen LogP contribution in [0.25, 0.3) is 0 Å². The SMILES string of the molecule is CCOc1ccc(C2=NC(=N)C(NC(C)=O)(C3CCCC3)C(=O)N2)cc1. The Morgan fingerprint density at radius 2 is 2.00 bits per heavy atom. The number of amides is 2. The molecule has 7 heteroatoms. The van der Waals surface area contributed by atoms with Gasteiger partial charge in [0.25, 0.3) is 5.91 Å². The van der Waals surface area contributed by atoms with Gasteiger partial charge in [-0.2, -0.15) is 0 Å². The molecule has 138 valence electrons. The number of hydrogen-bond acceptors (Lipinski definition) is 4. The van der Waals surface area contributed by atoms with Crippen LogP contribution in [-0.2, 0) is 9.59 Å². The van der Waals surface area contributed by atoms with Crippen molar-refractivity contribution in [3.63, 3.8) is 0 Å². The molecule has 3 rings (SSSR count). The summed E-state index contributed by atoms with van der Waals surface area (Å²) < 4.78 is 5.42. The first-order chi connectivity index (χ1) is 12.5. The summed E-state index contributed by atoms with van der Waals surface area (Å²) in [6.07, 6.45) is 3.57. The Bertz CT molecular complexity index is 751. The Morgan fingerprint density at radius 1 is 1.35 bits per heavy atom. The second-order valence-corrected chi connectivity index (χ2v) is 6.69. The molecule has 1 aliphatic carbocycles. The zero-order valence-electron chi connectivity index (χ0n) is 15.1. The van der Waals surface area contributed by atoms with E-state index in [9.17, 15) is 9.59 Å². The summed E-state index contributed by atoms with van der Waals surface area (Å²) in [4.78, 5) is 29.1. The fraction of sp³-hybridized carbons (Fsp3) is 0.474. The lowest BCUT2D eigenvalue weighted by Crippen LogP contribution is -2.69. The molecule has 0 saturated heterocycles. The van der Waals surface area contributed by atoms with Crippen LogP contribution in [0.2, 0.25) is 0 Å². The zero-order chi connectivity index (χ0) is 18.7. The third kappa shape index (κ3) is 3.21. The summed E-state index contributed by atoms with van der Waals surface area (Å²) in [6, 6.07) is 7.17. The molecule has 0 radical (unpaired) electrons. The highest BCUT2D eigenvalue weighted by Gasteiger charge is 2.53. The smallest absolute Gasteiger partial charge is 0.259 e. The number of nitrogens with zero attached hydrogens (tertiary/aromatic N) is 1. The molecule has 2 amide bonds. The lowest BCUT2D eigenvalue weighted by atomic mass is 9.79. The van der Waals surface area contributed by atoms with Gasteiger partial charge in [-0.25, -0.2) is 4.99 Å². The molecule has 1 saturated carbocycles. The van der Waals surface area contributed by atoms with Crippen LogP contribution in [-0.4, -0.2) is 35.6 Å². The number of rotatable bonds is 5. The van der Waals surface area contributed by atoms with Gasteiger partial charge in [0, 0.05) is 12.5 Å². The Kier molecular flexibility index (Phi) is 5.06. The van der Waals surface area contributed by atoms with E-state index in [2.05, 4.69) is 15.6 Å². The lowest BCUT2D eigenvalue weighted by molar-refractivity contribution is -0.131. The molecule has 0 spiro atoms. The third-order valence-corrected chi connectivity index (χ3v) is 4.97. The highest BCUT2D eigenvalue weighted by molar-refractivity contribution is 6.27. The van der Waals surface area contributed by atoms with Gasteiger partial charge in [0.2, 0.25) is 5.91 Å². The van der Waals surface area contributed by atoms with E-state index in [0.29, 0.717) is 18.0 Å². The number of carbonyl (C=O) groups is 2. The molecule has 1 fully saturated rings. The molecule has 0 bridgehead atoms. The van der Waals surface area contributed by atoms with Crippen molar-refractivity contribution in [2.75, 3.05) is 6.61 Å². The van der Waals surface area contributed by atoms with Gasteiger partial charge >= 0.3 is 0 Å². The van der Waals surface area contributed by atoms with Gasteiger partial charge in [-0.1, -0.05) is 12.8 Å². The minimum Gasteiger partial charge on any atom is -0.494 e. The molecule has 1 aromatic carbocycles. The fourth-order valence-electron chi connectivity index (χ4n) is 3.79. The standard InChI is InChI=1S/C19H24N4O3/c1-3-26-15-10-8-13(9-11-15)16-21-17(20)19(18(25)22-16,23-12(2)24)14-6-4-5-7-14/h8-11,14H,3-7H2,1-2H3,(H,23,24)(H2,20,21,22,25). The first kappa shape index (κ1) is 18.1. The van der Waals surface area contributed by atoms with Crippen LogP contribution in [0, 0.1) is 11.3 Å². The summed E-state index contributed by atoms with van der Waals surface area (Å²) in [5.74, 6) is 0.117. The van der Waals surface area contributed by atoms with Crippen molar-refractivity contribution in [2.45, 2.75) is 45.1 Å². The van der Waals surface area contributed by atoms with E-state index in [-0.39, 0.29) is 23.6 Å². The van der Waals surface area contributed by atoms with Gasteiger partial charge in [-0.15, -0.1) is 0 Å². The number of aliphatic imine (C=N–C) groups is 1. The highest BCUT2D eigenvalue weighted by Crippen LogP contribution is 2.36. The van der Waals surface area contributed by atoms with E-state index in [1.54, 1.807) is 24.3 Å². The van der Waals surface area contributed by atoms with E-state index < -0.39 is 5.54 Å². The first-order valence-electron chi connectivity index (χ1n) is 8.98. The number of ether oxygens (including phenoxy) is 1. The van der Waals surface area contributed by atoms with E-state index in [1.165, 1.54) is 6.92 Å². The van der Waals surface area contributed by atoms with E-state index >= 15 is 0 Å². The van der Waals surface area contributed by atoms with Gasteiger partial charge < -0.3 is 15.4 Å². The average molecular weight is 356 g/mol. The molecular formula is C19H24N4O3. The maximum absolute atomic E-state index is 13.0. The molecule has 26 heavy (non-hydrogen) atoms. The molecule has 7 nitrogen and oxygen atoms in total. The van der Waals surface area contributed by atoms with Crippen molar-refractivity contribution < 1.29 is 14.3 Å². The normalized spacial score (nSPS) is 23.4. The largest absolute Gasteiger partial charge is 0.494 e. The van der Waals surface area contributed by atoms with E-state index in [1.807, 2.05) is 6.92 Å². The molecule has 1 atom stereocenters. The van der Waals surface area contributed by atoms with Crippen LogP contribution in [0.5, 0.6) is 5.75 Å². The second kappa shape index (κ2) is 7.27. The predicted molar refractivity (Wildman–Crippen MR) is 98.5 cm³/mol. The van der Waals surface area contributed by atoms with Crippen molar-refractivity contribution in [3.05, 3.63) is 29.8 Å². The third-order valence-electron chi connectivity index (χ3n) is 4.97. The van der Waals surface area contributed by atoms with Gasteiger partial charge in [-0.05, 0) is 49.9 Å². The summed E-state index contributed by atoms with van der Waals surface area (Å²) in [5.41, 5.74) is -0.689. The summed E-state index contributed by atoms with van der Waals surface area (Å²) >= 11 is 0. The number of nitrogens with one attached hydrogen (secondary N) is 3. The molecule has 1 aromatic rings. The highest BCUT2D eigenvalue weighted by atomic mass is 16.5. The summed E-state index contributed by atoms with van der Waals surface area (Å²) in [6.45, 7) is 3.84. The Hall–Kier alpha value is -2.70. The van der Waals surface area contributed by atoms with Crippen molar-refractivity contribution in [1.29, 1.82) is 5.41 Å². The van der Waals surface area contributed by atoms with Gasteiger partial charge in [0.15, 0.2) is 11.4 Å². The van der Waals surface area contributed by atoms with Crippen molar-refractivity contribution in [1.82, 2.24) is 10.6 Å². The Labute approximate surface area is 152 Å². The maximum Gasteiger partial charge on any atom is 0.259 e. The molecular weight excluding hydrogens is 332 g/mol. The number of carbonyl (C=O) groups excluding carboxylic acids is 2. The van der Waals surface area contributed by atoms with Crippen molar-refractivity contribution in [2.24, 2.45) is 10.9 Å². The summed E-state index contributed by atoms with van der Waals surface area (Å²) in [7, 11) is 0. The Morgan fingerprint density at radius 3 is 2.54 bits per heavy atom.